The standard InChI is InChI=1S/C13H16N2O5/c1-20-12(17)8-10(13(18)19)15-11(16)3-2-9-4-6-14-7-5-9/h4-7,10H,2-3,8H2,1H3,(H,15,16)(H,18,19)/t10-/m0/s1. The van der Waals surface area contributed by atoms with Gasteiger partial charge in [-0.3, -0.25) is 14.6 Å². The average molecular weight is 280 g/mol. The Balaban J connectivity index is 2.46. The molecule has 7 heteroatoms. The molecule has 2 N–H and O–H groups in total. The summed E-state index contributed by atoms with van der Waals surface area (Å²) in [6.07, 6.45) is 3.44. The minimum Gasteiger partial charge on any atom is -0.480 e. The number of aliphatic carboxylic acids is 1. The Kier molecular flexibility index (Phi) is 6.15. The van der Waals surface area contributed by atoms with Crippen LogP contribution in [0.15, 0.2) is 24.5 Å². The summed E-state index contributed by atoms with van der Waals surface area (Å²) >= 11 is 0. The topological polar surface area (TPSA) is 106 Å². The van der Waals surface area contributed by atoms with E-state index >= 15 is 0 Å². The summed E-state index contributed by atoms with van der Waals surface area (Å²) in [6, 6.07) is 2.28. The van der Waals surface area contributed by atoms with Crippen molar-refractivity contribution >= 4 is 17.8 Å². The van der Waals surface area contributed by atoms with Crippen LogP contribution in [-0.4, -0.2) is 41.1 Å². The van der Waals surface area contributed by atoms with Gasteiger partial charge in [-0.2, -0.15) is 0 Å². The van der Waals surface area contributed by atoms with Gasteiger partial charge in [0, 0.05) is 18.8 Å². The number of ether oxygens (including phenoxy) is 1. The molecule has 0 unspecified atom stereocenters. The van der Waals surface area contributed by atoms with Crippen LogP contribution in [0.1, 0.15) is 18.4 Å². The largest absolute Gasteiger partial charge is 0.480 e. The Morgan fingerprint density at radius 3 is 2.55 bits per heavy atom. The number of amides is 1. The first-order chi connectivity index (χ1) is 9.52. The SMILES string of the molecule is COC(=O)C[C@H](NC(=O)CCc1ccncc1)C(=O)O. The quantitative estimate of drug-likeness (QED) is 0.688. The van der Waals surface area contributed by atoms with Crippen molar-refractivity contribution in [2.24, 2.45) is 0 Å². The first-order valence-corrected chi connectivity index (χ1v) is 6.01. The van der Waals surface area contributed by atoms with Crippen molar-refractivity contribution in [2.75, 3.05) is 7.11 Å². The predicted molar refractivity (Wildman–Crippen MR) is 68.8 cm³/mol. The van der Waals surface area contributed by atoms with Crippen LogP contribution >= 0.6 is 0 Å². The molecule has 1 atom stereocenters. The van der Waals surface area contributed by atoms with E-state index in [9.17, 15) is 14.4 Å². The molecule has 0 bridgehead atoms. The van der Waals surface area contributed by atoms with Crippen LogP contribution < -0.4 is 5.32 Å². The summed E-state index contributed by atoms with van der Waals surface area (Å²) in [5.74, 6) is -2.39. The van der Waals surface area contributed by atoms with Crippen LogP contribution in [0.25, 0.3) is 0 Å². The third-order valence-corrected chi connectivity index (χ3v) is 2.62. The molecule has 0 saturated carbocycles. The van der Waals surface area contributed by atoms with E-state index in [1.165, 1.54) is 0 Å². The number of nitrogens with zero attached hydrogens (tertiary/aromatic N) is 1. The summed E-state index contributed by atoms with van der Waals surface area (Å²) in [7, 11) is 1.16. The third kappa shape index (κ3) is 5.47. The molecule has 0 saturated heterocycles. The highest BCUT2D eigenvalue weighted by molar-refractivity contribution is 5.87. The molecule has 0 aliphatic rings. The number of hydrogen-bond acceptors (Lipinski definition) is 5. The lowest BCUT2D eigenvalue weighted by molar-refractivity contribution is -0.148. The molecule has 1 heterocycles. The Labute approximate surface area is 116 Å². The number of carboxylic acids is 1. The van der Waals surface area contributed by atoms with Gasteiger partial charge < -0.3 is 15.2 Å². The molecule has 0 aliphatic carbocycles. The molecule has 1 aromatic rings. The number of hydrogen-bond donors (Lipinski definition) is 2. The zero-order valence-corrected chi connectivity index (χ0v) is 11.0. The van der Waals surface area contributed by atoms with Crippen LogP contribution in [0, 0.1) is 0 Å². The van der Waals surface area contributed by atoms with Gasteiger partial charge in [0.1, 0.15) is 6.04 Å². The monoisotopic (exact) mass is 280 g/mol. The fraction of sp³-hybridized carbons (Fsp3) is 0.385. The van der Waals surface area contributed by atoms with Crippen molar-refractivity contribution in [3.05, 3.63) is 30.1 Å². The van der Waals surface area contributed by atoms with E-state index in [1.54, 1.807) is 24.5 Å². The zero-order valence-electron chi connectivity index (χ0n) is 11.0. The van der Waals surface area contributed by atoms with Crippen LogP contribution in [0.3, 0.4) is 0 Å². The highest BCUT2D eigenvalue weighted by Crippen LogP contribution is 2.02. The molecule has 0 aromatic carbocycles. The molecular formula is C13H16N2O5. The number of aromatic nitrogens is 1. The van der Waals surface area contributed by atoms with E-state index in [4.69, 9.17) is 5.11 Å². The van der Waals surface area contributed by atoms with Gasteiger partial charge in [-0.15, -0.1) is 0 Å². The molecule has 0 aliphatic heterocycles. The van der Waals surface area contributed by atoms with E-state index in [1.807, 2.05) is 0 Å². The number of carbonyl (C=O) groups is 3. The minimum absolute atomic E-state index is 0.134. The molecule has 1 amide bonds. The van der Waals surface area contributed by atoms with Gasteiger partial charge in [-0.25, -0.2) is 4.79 Å². The van der Waals surface area contributed by atoms with E-state index < -0.39 is 30.3 Å². The number of methoxy groups -OCH3 is 1. The molecule has 1 rings (SSSR count). The van der Waals surface area contributed by atoms with Crippen molar-refractivity contribution in [1.29, 1.82) is 0 Å². The lowest BCUT2D eigenvalue weighted by Crippen LogP contribution is -2.42. The Morgan fingerprint density at radius 2 is 2.00 bits per heavy atom. The van der Waals surface area contributed by atoms with Crippen LogP contribution in [0.4, 0.5) is 0 Å². The summed E-state index contributed by atoms with van der Waals surface area (Å²) in [4.78, 5) is 37.5. The van der Waals surface area contributed by atoms with Crippen molar-refractivity contribution in [3.8, 4) is 0 Å². The lowest BCUT2D eigenvalue weighted by Gasteiger charge is -2.13. The van der Waals surface area contributed by atoms with E-state index in [0.717, 1.165) is 12.7 Å². The van der Waals surface area contributed by atoms with E-state index in [-0.39, 0.29) is 6.42 Å². The van der Waals surface area contributed by atoms with Crippen molar-refractivity contribution < 1.29 is 24.2 Å². The van der Waals surface area contributed by atoms with Crippen LogP contribution in [0.2, 0.25) is 0 Å². The number of aryl methyl sites for hydroxylation is 1. The van der Waals surface area contributed by atoms with Gasteiger partial charge in [-0.05, 0) is 24.1 Å². The molecule has 20 heavy (non-hydrogen) atoms. The highest BCUT2D eigenvalue weighted by atomic mass is 16.5. The maximum atomic E-state index is 11.7. The van der Waals surface area contributed by atoms with Crippen molar-refractivity contribution in [3.63, 3.8) is 0 Å². The molecule has 0 fully saturated rings. The normalized spacial score (nSPS) is 11.4. The smallest absolute Gasteiger partial charge is 0.326 e. The number of nitrogens with one attached hydrogen (secondary N) is 1. The number of carbonyl (C=O) groups excluding carboxylic acids is 2. The summed E-state index contributed by atoms with van der Waals surface area (Å²) in [6.45, 7) is 0. The lowest BCUT2D eigenvalue weighted by atomic mass is 10.1. The van der Waals surface area contributed by atoms with Gasteiger partial charge >= 0.3 is 11.9 Å². The van der Waals surface area contributed by atoms with Gasteiger partial charge in [-0.1, -0.05) is 0 Å². The molecular weight excluding hydrogens is 264 g/mol. The maximum Gasteiger partial charge on any atom is 0.326 e. The summed E-state index contributed by atoms with van der Waals surface area (Å²) in [5.41, 5.74) is 0.926. The second kappa shape index (κ2) is 7.88. The van der Waals surface area contributed by atoms with E-state index in [2.05, 4.69) is 15.0 Å². The number of esters is 1. The van der Waals surface area contributed by atoms with Crippen LogP contribution in [0.5, 0.6) is 0 Å². The van der Waals surface area contributed by atoms with E-state index in [0.29, 0.717) is 6.42 Å². The second-order valence-electron chi connectivity index (χ2n) is 4.09. The van der Waals surface area contributed by atoms with Gasteiger partial charge in [0.2, 0.25) is 5.91 Å². The Bertz CT molecular complexity index is 475. The van der Waals surface area contributed by atoms with Gasteiger partial charge in [0.05, 0.1) is 13.5 Å². The Morgan fingerprint density at radius 1 is 1.35 bits per heavy atom. The van der Waals surface area contributed by atoms with Crippen molar-refractivity contribution in [2.45, 2.75) is 25.3 Å². The highest BCUT2D eigenvalue weighted by Gasteiger charge is 2.23. The predicted octanol–water partition coefficient (Wildman–Crippen LogP) is 0.147. The second-order valence-corrected chi connectivity index (χ2v) is 4.09. The number of carboxylic acid groups (broad SMARTS) is 1. The van der Waals surface area contributed by atoms with Gasteiger partial charge in [0.15, 0.2) is 0 Å². The third-order valence-electron chi connectivity index (χ3n) is 2.62. The first kappa shape index (κ1) is 15.6. The molecule has 0 radical (unpaired) electrons. The minimum atomic E-state index is -1.27. The average Bonchev–Trinajstić information content (AvgIpc) is 2.45. The summed E-state index contributed by atoms with van der Waals surface area (Å²) < 4.78 is 4.38. The summed E-state index contributed by atoms with van der Waals surface area (Å²) in [5, 5.41) is 11.2. The molecule has 1 aromatic heterocycles. The van der Waals surface area contributed by atoms with Crippen LogP contribution in [-0.2, 0) is 25.5 Å². The van der Waals surface area contributed by atoms with Gasteiger partial charge in [0.25, 0.3) is 0 Å². The maximum absolute atomic E-state index is 11.7. The number of pyridine rings is 1. The fourth-order valence-corrected chi connectivity index (χ4v) is 1.52. The molecule has 108 valence electrons. The fourth-order valence-electron chi connectivity index (χ4n) is 1.52. The van der Waals surface area contributed by atoms with Crippen molar-refractivity contribution in [1.82, 2.24) is 10.3 Å². The zero-order chi connectivity index (χ0) is 15.0. The number of rotatable bonds is 7. The first-order valence-electron chi connectivity index (χ1n) is 6.01. The molecule has 7 nitrogen and oxygen atoms in total. The molecule has 0 spiro atoms. The Hall–Kier alpha value is -2.44.